The number of urea groups is 1. The Bertz CT molecular complexity index is 517. The van der Waals surface area contributed by atoms with E-state index in [4.69, 9.17) is 9.47 Å². The van der Waals surface area contributed by atoms with Crippen molar-refractivity contribution in [3.63, 3.8) is 0 Å². The zero-order chi connectivity index (χ0) is 16.8. The van der Waals surface area contributed by atoms with Gasteiger partial charge in [-0.15, -0.1) is 0 Å². The number of carbonyl (C=O) groups is 1. The summed E-state index contributed by atoms with van der Waals surface area (Å²) in [6.45, 7) is 3.65. The highest BCUT2D eigenvalue weighted by molar-refractivity contribution is 5.74. The van der Waals surface area contributed by atoms with Crippen LogP contribution < -0.4 is 5.32 Å². The third kappa shape index (κ3) is 4.74. The first kappa shape index (κ1) is 17.3. The summed E-state index contributed by atoms with van der Waals surface area (Å²) in [5, 5.41) is 3.00. The second kappa shape index (κ2) is 8.53. The molecule has 1 atom stereocenters. The number of aryl methyl sites for hydroxylation is 1. The second-order valence-corrected chi connectivity index (χ2v) is 6.78. The van der Waals surface area contributed by atoms with Crippen LogP contribution >= 0.6 is 0 Å². The Kier molecular flexibility index (Phi) is 6.15. The van der Waals surface area contributed by atoms with E-state index in [-0.39, 0.29) is 18.2 Å². The highest BCUT2D eigenvalue weighted by Gasteiger charge is 2.24. The van der Waals surface area contributed by atoms with Crippen LogP contribution in [0.1, 0.15) is 37.8 Å². The quantitative estimate of drug-likeness (QED) is 0.898. The summed E-state index contributed by atoms with van der Waals surface area (Å²) in [6.07, 6.45) is 7.86. The molecule has 0 unspecified atom stereocenters. The van der Waals surface area contributed by atoms with E-state index in [9.17, 15) is 4.79 Å². The predicted molar refractivity (Wildman–Crippen MR) is 91.8 cm³/mol. The fraction of sp³-hybridized carbons (Fsp3) is 0.722. The molecule has 0 bridgehead atoms. The Labute approximate surface area is 144 Å². The van der Waals surface area contributed by atoms with Crippen LogP contribution in [0.2, 0.25) is 0 Å². The van der Waals surface area contributed by atoms with Crippen molar-refractivity contribution < 1.29 is 14.3 Å². The molecule has 0 radical (unpaired) electrons. The molecule has 134 valence electrons. The van der Waals surface area contributed by atoms with E-state index >= 15 is 0 Å². The fourth-order valence-electron chi connectivity index (χ4n) is 3.37. The van der Waals surface area contributed by atoms with E-state index in [2.05, 4.69) is 5.32 Å². The molecule has 2 aliphatic heterocycles. The van der Waals surface area contributed by atoms with Crippen LogP contribution in [0.5, 0.6) is 0 Å². The van der Waals surface area contributed by atoms with Gasteiger partial charge >= 0.3 is 6.03 Å². The Balaban J connectivity index is 1.33. The van der Waals surface area contributed by atoms with Crippen molar-refractivity contribution in [2.75, 3.05) is 26.3 Å². The summed E-state index contributed by atoms with van der Waals surface area (Å²) < 4.78 is 13.7. The summed E-state index contributed by atoms with van der Waals surface area (Å²) in [5.74, 6) is 0. The smallest absolute Gasteiger partial charge is 0.317 e. The number of ether oxygens (including phenoxy) is 2. The van der Waals surface area contributed by atoms with E-state index in [1.165, 1.54) is 12.8 Å². The zero-order valence-corrected chi connectivity index (χ0v) is 14.6. The van der Waals surface area contributed by atoms with Crippen molar-refractivity contribution in [1.29, 1.82) is 0 Å². The van der Waals surface area contributed by atoms with Crippen LogP contribution in [-0.2, 0) is 23.1 Å². The number of carbonyl (C=O) groups excluding carboxylic acids is 1. The van der Waals surface area contributed by atoms with Gasteiger partial charge in [-0.1, -0.05) is 0 Å². The second-order valence-electron chi connectivity index (χ2n) is 6.78. The summed E-state index contributed by atoms with van der Waals surface area (Å²) in [5.41, 5.74) is 1.11. The van der Waals surface area contributed by atoms with E-state index in [1.54, 1.807) is 0 Å². The number of amides is 2. The van der Waals surface area contributed by atoms with Gasteiger partial charge in [-0.2, -0.15) is 0 Å². The standard InChI is InChI=1S/C18H29N3O3/c1-20-9-4-5-15(20)13-19-18(22)21-10-7-16(8-11-21)24-14-17-6-2-3-12-23-17/h4-5,9,16-17H,2-3,6-8,10-14H2,1H3,(H,19,22)/t17-/m1/s1. The maximum Gasteiger partial charge on any atom is 0.317 e. The van der Waals surface area contributed by atoms with Gasteiger partial charge in [0.1, 0.15) is 0 Å². The van der Waals surface area contributed by atoms with Gasteiger partial charge in [0.25, 0.3) is 0 Å². The molecule has 2 aliphatic rings. The maximum absolute atomic E-state index is 12.3. The molecule has 0 saturated carbocycles. The number of piperidine rings is 1. The molecule has 0 aliphatic carbocycles. The Hall–Kier alpha value is -1.53. The normalized spacial score (nSPS) is 22.5. The summed E-state index contributed by atoms with van der Waals surface area (Å²) >= 11 is 0. The third-order valence-electron chi connectivity index (χ3n) is 4.99. The predicted octanol–water partition coefficient (Wildman–Crippen LogP) is 2.28. The molecule has 24 heavy (non-hydrogen) atoms. The molecular formula is C18H29N3O3. The number of nitrogens with zero attached hydrogens (tertiary/aromatic N) is 2. The summed E-state index contributed by atoms with van der Waals surface area (Å²) in [4.78, 5) is 14.2. The van der Waals surface area contributed by atoms with Crippen molar-refractivity contribution in [2.45, 2.75) is 50.9 Å². The van der Waals surface area contributed by atoms with E-state index in [0.717, 1.165) is 44.7 Å². The Morgan fingerprint density at radius 3 is 2.83 bits per heavy atom. The molecule has 3 rings (SSSR count). The van der Waals surface area contributed by atoms with Gasteiger partial charge in [0, 0.05) is 38.6 Å². The average Bonchev–Trinajstić information content (AvgIpc) is 3.04. The van der Waals surface area contributed by atoms with Crippen LogP contribution in [0.3, 0.4) is 0 Å². The number of nitrogens with one attached hydrogen (secondary N) is 1. The molecule has 0 aromatic carbocycles. The van der Waals surface area contributed by atoms with Gasteiger partial charge < -0.3 is 24.3 Å². The van der Waals surface area contributed by atoms with Crippen molar-refractivity contribution in [1.82, 2.24) is 14.8 Å². The van der Waals surface area contributed by atoms with Crippen molar-refractivity contribution >= 4 is 6.03 Å². The lowest BCUT2D eigenvalue weighted by molar-refractivity contribution is -0.0728. The molecule has 3 heterocycles. The lowest BCUT2D eigenvalue weighted by Crippen LogP contribution is -2.46. The first-order chi connectivity index (χ1) is 11.7. The number of hydrogen-bond donors (Lipinski definition) is 1. The van der Waals surface area contributed by atoms with Crippen LogP contribution in [0.15, 0.2) is 18.3 Å². The Morgan fingerprint density at radius 1 is 1.33 bits per heavy atom. The van der Waals surface area contributed by atoms with Gasteiger partial charge in [0.15, 0.2) is 0 Å². The van der Waals surface area contributed by atoms with Gasteiger partial charge in [0.2, 0.25) is 0 Å². The van der Waals surface area contributed by atoms with Crippen LogP contribution in [0.4, 0.5) is 4.79 Å². The molecule has 2 amide bonds. The van der Waals surface area contributed by atoms with Crippen LogP contribution in [0, 0.1) is 0 Å². The minimum Gasteiger partial charge on any atom is -0.376 e. The number of rotatable bonds is 5. The first-order valence-corrected chi connectivity index (χ1v) is 9.08. The molecule has 2 saturated heterocycles. The minimum absolute atomic E-state index is 0.0188. The van der Waals surface area contributed by atoms with E-state index in [0.29, 0.717) is 13.2 Å². The van der Waals surface area contributed by atoms with Gasteiger partial charge in [-0.3, -0.25) is 0 Å². The molecule has 6 nitrogen and oxygen atoms in total. The molecule has 1 aromatic rings. The van der Waals surface area contributed by atoms with Crippen LogP contribution in [-0.4, -0.2) is 54.0 Å². The lowest BCUT2D eigenvalue weighted by Gasteiger charge is -2.33. The number of likely N-dealkylation sites (tertiary alicyclic amines) is 1. The topological polar surface area (TPSA) is 55.7 Å². The molecule has 0 spiro atoms. The summed E-state index contributed by atoms with van der Waals surface area (Å²) in [7, 11) is 1.99. The average molecular weight is 335 g/mol. The number of hydrogen-bond acceptors (Lipinski definition) is 3. The Morgan fingerprint density at radius 2 is 2.17 bits per heavy atom. The molecule has 2 fully saturated rings. The van der Waals surface area contributed by atoms with Crippen LogP contribution in [0.25, 0.3) is 0 Å². The molecule has 1 aromatic heterocycles. The largest absolute Gasteiger partial charge is 0.376 e. The maximum atomic E-state index is 12.3. The van der Waals surface area contributed by atoms with Crippen molar-refractivity contribution in [3.8, 4) is 0 Å². The van der Waals surface area contributed by atoms with Crippen molar-refractivity contribution in [2.24, 2.45) is 7.05 Å². The molecule has 6 heteroatoms. The van der Waals surface area contributed by atoms with Crippen molar-refractivity contribution in [3.05, 3.63) is 24.0 Å². The molecule has 1 N–H and O–H groups in total. The first-order valence-electron chi connectivity index (χ1n) is 9.08. The monoisotopic (exact) mass is 335 g/mol. The SMILES string of the molecule is Cn1cccc1CNC(=O)N1CCC(OC[C@H]2CCCCO2)CC1. The zero-order valence-electron chi connectivity index (χ0n) is 14.6. The molecular weight excluding hydrogens is 306 g/mol. The fourth-order valence-corrected chi connectivity index (χ4v) is 3.37. The lowest BCUT2D eigenvalue weighted by atomic mass is 10.1. The highest BCUT2D eigenvalue weighted by atomic mass is 16.5. The van der Waals surface area contributed by atoms with E-state index < -0.39 is 0 Å². The number of aromatic nitrogens is 1. The summed E-state index contributed by atoms with van der Waals surface area (Å²) in [6, 6.07) is 4.03. The van der Waals surface area contributed by atoms with Gasteiger partial charge in [-0.05, 0) is 44.2 Å². The van der Waals surface area contributed by atoms with Gasteiger partial charge in [-0.25, -0.2) is 4.79 Å². The minimum atomic E-state index is 0.0188. The van der Waals surface area contributed by atoms with Gasteiger partial charge in [0.05, 0.1) is 25.4 Å². The highest BCUT2D eigenvalue weighted by Crippen LogP contribution is 2.18. The third-order valence-corrected chi connectivity index (χ3v) is 4.99. The van der Waals surface area contributed by atoms with E-state index in [1.807, 2.05) is 34.8 Å².